The van der Waals surface area contributed by atoms with Crippen LogP contribution < -0.4 is 15.2 Å². The van der Waals surface area contributed by atoms with Gasteiger partial charge in [-0.1, -0.05) is 0 Å². The van der Waals surface area contributed by atoms with Crippen molar-refractivity contribution in [1.82, 2.24) is 0 Å². The fourth-order valence-corrected chi connectivity index (χ4v) is 4.34. The van der Waals surface area contributed by atoms with Gasteiger partial charge < -0.3 is 15.2 Å². The fraction of sp³-hybridized carbons (Fsp3) is 0.538. The van der Waals surface area contributed by atoms with Gasteiger partial charge in [-0.25, -0.2) is 12.8 Å². The standard InChI is InChI=1S/C13H18FNO4S/c1-18-11-5-9(10(14)6-12(11)19-2)13(15)8-3-4-20(16,17)7-8/h5-6,8,13H,3-4,7,15H2,1-2H3. The van der Waals surface area contributed by atoms with Crippen molar-refractivity contribution in [3.8, 4) is 11.5 Å². The summed E-state index contributed by atoms with van der Waals surface area (Å²) < 4.78 is 47.2. The first-order chi connectivity index (χ1) is 9.38. The van der Waals surface area contributed by atoms with Crippen LogP contribution in [0.2, 0.25) is 0 Å². The first-order valence-electron chi connectivity index (χ1n) is 6.25. The zero-order valence-electron chi connectivity index (χ0n) is 11.4. The Morgan fingerprint density at radius 3 is 2.40 bits per heavy atom. The van der Waals surface area contributed by atoms with E-state index < -0.39 is 21.7 Å². The second-order valence-electron chi connectivity index (χ2n) is 4.92. The highest BCUT2D eigenvalue weighted by Crippen LogP contribution is 2.36. The normalized spacial score (nSPS) is 22.5. The monoisotopic (exact) mass is 303 g/mol. The quantitative estimate of drug-likeness (QED) is 0.906. The summed E-state index contributed by atoms with van der Waals surface area (Å²) in [7, 11) is -0.182. The van der Waals surface area contributed by atoms with Crippen molar-refractivity contribution < 1.29 is 22.3 Å². The molecule has 1 aromatic rings. The fourth-order valence-electron chi connectivity index (χ4n) is 2.49. The maximum absolute atomic E-state index is 14.1. The summed E-state index contributed by atoms with van der Waals surface area (Å²) in [5.41, 5.74) is 6.29. The predicted molar refractivity (Wildman–Crippen MR) is 73.2 cm³/mol. The molecule has 0 aromatic heterocycles. The Kier molecular flexibility index (Phi) is 4.19. The van der Waals surface area contributed by atoms with Crippen molar-refractivity contribution >= 4 is 9.84 Å². The van der Waals surface area contributed by atoms with Gasteiger partial charge in [0, 0.05) is 17.7 Å². The van der Waals surface area contributed by atoms with Gasteiger partial charge in [0.2, 0.25) is 0 Å². The lowest BCUT2D eigenvalue weighted by Gasteiger charge is -2.20. The third kappa shape index (κ3) is 2.88. The van der Waals surface area contributed by atoms with Crippen LogP contribution in [0.5, 0.6) is 11.5 Å². The van der Waals surface area contributed by atoms with Crippen molar-refractivity contribution in [2.24, 2.45) is 11.7 Å². The summed E-state index contributed by atoms with van der Waals surface area (Å²) >= 11 is 0. The summed E-state index contributed by atoms with van der Waals surface area (Å²) in [6.07, 6.45) is 0.456. The Morgan fingerprint density at radius 1 is 1.30 bits per heavy atom. The Hall–Kier alpha value is -1.34. The van der Waals surface area contributed by atoms with Gasteiger partial charge in [0.15, 0.2) is 21.3 Å². The lowest BCUT2D eigenvalue weighted by atomic mass is 9.92. The maximum Gasteiger partial charge on any atom is 0.163 e. The molecule has 0 bridgehead atoms. The third-order valence-corrected chi connectivity index (χ3v) is 5.43. The van der Waals surface area contributed by atoms with Crippen LogP contribution in [0.4, 0.5) is 4.39 Å². The van der Waals surface area contributed by atoms with Gasteiger partial charge in [-0.3, -0.25) is 0 Å². The molecule has 112 valence electrons. The second kappa shape index (κ2) is 5.57. The minimum atomic E-state index is -3.05. The molecule has 1 aromatic carbocycles. The molecule has 2 atom stereocenters. The van der Waals surface area contributed by atoms with Gasteiger partial charge in [-0.2, -0.15) is 0 Å². The number of methoxy groups -OCH3 is 2. The first-order valence-corrected chi connectivity index (χ1v) is 8.07. The van der Waals surface area contributed by atoms with E-state index in [1.807, 2.05) is 0 Å². The van der Waals surface area contributed by atoms with Gasteiger partial charge in [-0.15, -0.1) is 0 Å². The minimum absolute atomic E-state index is 0.00194. The highest BCUT2D eigenvalue weighted by Gasteiger charge is 2.34. The molecule has 2 unspecified atom stereocenters. The van der Waals surface area contributed by atoms with E-state index in [0.29, 0.717) is 12.2 Å². The Morgan fingerprint density at radius 2 is 1.90 bits per heavy atom. The van der Waals surface area contributed by atoms with Crippen LogP contribution in [0, 0.1) is 11.7 Å². The van der Waals surface area contributed by atoms with Gasteiger partial charge in [0.1, 0.15) is 5.82 Å². The smallest absolute Gasteiger partial charge is 0.163 e. The van der Waals surface area contributed by atoms with E-state index in [-0.39, 0.29) is 28.7 Å². The Balaban J connectivity index is 2.33. The number of rotatable bonds is 4. The van der Waals surface area contributed by atoms with Crippen molar-refractivity contribution in [3.63, 3.8) is 0 Å². The second-order valence-corrected chi connectivity index (χ2v) is 7.15. The summed E-state index contributed by atoms with van der Waals surface area (Å²) in [4.78, 5) is 0. The number of sulfone groups is 1. The molecule has 0 radical (unpaired) electrons. The molecule has 0 amide bonds. The molecule has 2 N–H and O–H groups in total. The maximum atomic E-state index is 14.1. The lowest BCUT2D eigenvalue weighted by Crippen LogP contribution is -2.23. The average molecular weight is 303 g/mol. The summed E-state index contributed by atoms with van der Waals surface area (Å²) in [5.74, 6) is -0.0189. The van der Waals surface area contributed by atoms with Crippen LogP contribution in [0.25, 0.3) is 0 Å². The zero-order valence-corrected chi connectivity index (χ0v) is 12.2. The van der Waals surface area contributed by atoms with Crippen LogP contribution >= 0.6 is 0 Å². The van der Waals surface area contributed by atoms with Crippen molar-refractivity contribution in [3.05, 3.63) is 23.5 Å². The van der Waals surface area contributed by atoms with E-state index in [1.54, 1.807) is 0 Å². The zero-order chi connectivity index (χ0) is 14.9. The van der Waals surface area contributed by atoms with Crippen LogP contribution in [0.3, 0.4) is 0 Å². The number of hydrogen-bond donors (Lipinski definition) is 1. The van der Waals surface area contributed by atoms with E-state index in [9.17, 15) is 12.8 Å². The van der Waals surface area contributed by atoms with Crippen LogP contribution in [-0.2, 0) is 9.84 Å². The molecular weight excluding hydrogens is 285 g/mol. The van der Waals surface area contributed by atoms with Gasteiger partial charge in [-0.05, 0) is 18.4 Å². The number of hydrogen-bond acceptors (Lipinski definition) is 5. The molecule has 0 aliphatic carbocycles. The van der Waals surface area contributed by atoms with E-state index in [1.165, 1.54) is 26.4 Å². The Labute approximate surface area is 117 Å². The van der Waals surface area contributed by atoms with Crippen molar-refractivity contribution in [2.45, 2.75) is 12.5 Å². The van der Waals surface area contributed by atoms with Gasteiger partial charge in [0.25, 0.3) is 0 Å². The van der Waals surface area contributed by atoms with E-state index in [2.05, 4.69) is 0 Å². The molecule has 20 heavy (non-hydrogen) atoms. The van der Waals surface area contributed by atoms with E-state index in [4.69, 9.17) is 15.2 Å². The summed E-state index contributed by atoms with van der Waals surface area (Å²) in [6.45, 7) is 0. The molecule has 5 nitrogen and oxygen atoms in total. The highest BCUT2D eigenvalue weighted by molar-refractivity contribution is 7.91. The number of ether oxygens (including phenoxy) is 2. The van der Waals surface area contributed by atoms with Gasteiger partial charge >= 0.3 is 0 Å². The molecule has 0 spiro atoms. The summed E-state index contributed by atoms with van der Waals surface area (Å²) in [5, 5.41) is 0. The molecule has 1 aliphatic rings. The van der Waals surface area contributed by atoms with Crippen LogP contribution in [-0.4, -0.2) is 34.1 Å². The number of nitrogens with two attached hydrogens (primary N) is 1. The van der Waals surface area contributed by atoms with Crippen LogP contribution in [0.15, 0.2) is 12.1 Å². The summed E-state index contributed by atoms with van der Waals surface area (Å²) in [6, 6.07) is 2.01. The molecule has 1 saturated heterocycles. The lowest BCUT2D eigenvalue weighted by molar-refractivity contribution is 0.349. The average Bonchev–Trinajstić information content (AvgIpc) is 2.78. The van der Waals surface area contributed by atoms with Crippen LogP contribution in [0.1, 0.15) is 18.0 Å². The van der Waals surface area contributed by atoms with Crippen molar-refractivity contribution in [1.29, 1.82) is 0 Å². The molecule has 1 aliphatic heterocycles. The molecule has 1 heterocycles. The van der Waals surface area contributed by atoms with E-state index >= 15 is 0 Å². The first kappa shape index (κ1) is 15.1. The van der Waals surface area contributed by atoms with E-state index in [0.717, 1.165) is 0 Å². The van der Waals surface area contributed by atoms with Gasteiger partial charge in [0.05, 0.1) is 25.7 Å². The van der Waals surface area contributed by atoms with Crippen molar-refractivity contribution in [2.75, 3.05) is 25.7 Å². The Bertz CT molecular complexity index is 603. The topological polar surface area (TPSA) is 78.6 Å². The SMILES string of the molecule is COc1cc(F)c(C(N)C2CCS(=O)(=O)C2)cc1OC. The number of halogens is 1. The predicted octanol–water partition coefficient (Wildman–Crippen LogP) is 1.28. The largest absolute Gasteiger partial charge is 0.493 e. The molecule has 7 heteroatoms. The minimum Gasteiger partial charge on any atom is -0.493 e. The molecular formula is C13H18FNO4S. The highest BCUT2D eigenvalue weighted by atomic mass is 32.2. The molecule has 0 saturated carbocycles. The molecule has 1 fully saturated rings. The number of benzene rings is 1. The third-order valence-electron chi connectivity index (χ3n) is 3.64. The molecule has 2 rings (SSSR count).